The number of unbranched alkanes of at least 4 members (excludes halogenated alkanes) is 2. The number of hydrogen-bond donors (Lipinski definition) is 0. The van der Waals surface area contributed by atoms with E-state index < -0.39 is 0 Å². The molecule has 0 radical (unpaired) electrons. The molecule has 0 unspecified atom stereocenters. The summed E-state index contributed by atoms with van der Waals surface area (Å²) < 4.78 is 5.37. The lowest BCUT2D eigenvalue weighted by Crippen LogP contribution is -2.10. The van der Waals surface area contributed by atoms with Crippen molar-refractivity contribution in [3.05, 3.63) is 34.9 Å². The molecule has 1 aromatic carbocycles. The van der Waals surface area contributed by atoms with Crippen LogP contribution in [0.1, 0.15) is 47.7 Å². The van der Waals surface area contributed by atoms with Crippen molar-refractivity contribution in [1.82, 2.24) is 0 Å². The molecule has 0 amide bonds. The third-order valence-corrected chi connectivity index (χ3v) is 2.95. The Labute approximate surface area is 104 Å². The maximum atomic E-state index is 11.8. The van der Waals surface area contributed by atoms with Crippen molar-refractivity contribution in [2.45, 2.75) is 40.0 Å². The first-order valence-corrected chi connectivity index (χ1v) is 6.33. The Balaban J connectivity index is 2.39. The zero-order valence-electron chi connectivity index (χ0n) is 11.1. The van der Waals surface area contributed by atoms with E-state index >= 15 is 0 Å². The predicted molar refractivity (Wildman–Crippen MR) is 70.6 cm³/mol. The largest absolute Gasteiger partial charge is 0.373 e. The molecule has 2 nitrogen and oxygen atoms in total. The van der Waals surface area contributed by atoms with Gasteiger partial charge in [0.05, 0.1) is 0 Å². The van der Waals surface area contributed by atoms with Crippen LogP contribution in [0.3, 0.4) is 0 Å². The molecule has 0 aliphatic heterocycles. The van der Waals surface area contributed by atoms with E-state index in [0.717, 1.165) is 24.0 Å². The molecule has 0 aliphatic carbocycles. The SMILES string of the molecule is CCCCCOCC(=O)c1ccc(C)c(C)c1. The molecule has 0 saturated heterocycles. The number of rotatable bonds is 7. The van der Waals surface area contributed by atoms with Crippen molar-refractivity contribution in [1.29, 1.82) is 0 Å². The Kier molecular flexibility index (Phi) is 5.92. The fourth-order valence-corrected chi connectivity index (χ4v) is 1.62. The molecule has 0 heterocycles. The second kappa shape index (κ2) is 7.23. The lowest BCUT2D eigenvalue weighted by Gasteiger charge is -2.05. The smallest absolute Gasteiger partial charge is 0.188 e. The van der Waals surface area contributed by atoms with Gasteiger partial charge in [-0.25, -0.2) is 0 Å². The summed E-state index contributed by atoms with van der Waals surface area (Å²) in [5.41, 5.74) is 3.12. The summed E-state index contributed by atoms with van der Waals surface area (Å²) in [7, 11) is 0. The van der Waals surface area contributed by atoms with Crippen LogP contribution < -0.4 is 0 Å². The number of ether oxygens (including phenoxy) is 1. The number of carbonyl (C=O) groups excluding carboxylic acids is 1. The van der Waals surface area contributed by atoms with Crippen molar-refractivity contribution >= 4 is 5.78 Å². The molecule has 1 rings (SSSR count). The van der Waals surface area contributed by atoms with Gasteiger partial charge in [-0.2, -0.15) is 0 Å². The van der Waals surface area contributed by atoms with Crippen LogP contribution in [-0.4, -0.2) is 19.0 Å². The minimum atomic E-state index is 0.0737. The summed E-state index contributed by atoms with van der Waals surface area (Å²) in [4.78, 5) is 11.8. The van der Waals surface area contributed by atoms with E-state index in [1.54, 1.807) is 0 Å². The maximum absolute atomic E-state index is 11.8. The molecule has 0 aliphatic rings. The highest BCUT2D eigenvalue weighted by Crippen LogP contribution is 2.10. The first kappa shape index (κ1) is 13.9. The second-order valence-electron chi connectivity index (χ2n) is 4.48. The second-order valence-corrected chi connectivity index (χ2v) is 4.48. The van der Waals surface area contributed by atoms with E-state index in [2.05, 4.69) is 6.92 Å². The Bertz CT molecular complexity index is 369. The molecule has 0 fully saturated rings. The van der Waals surface area contributed by atoms with Crippen LogP contribution in [0, 0.1) is 13.8 Å². The number of benzene rings is 1. The summed E-state index contributed by atoms with van der Waals surface area (Å²) in [5, 5.41) is 0. The van der Waals surface area contributed by atoms with Gasteiger partial charge in [-0.1, -0.05) is 31.9 Å². The van der Waals surface area contributed by atoms with Gasteiger partial charge in [0.1, 0.15) is 6.61 Å². The minimum Gasteiger partial charge on any atom is -0.373 e. The fourth-order valence-electron chi connectivity index (χ4n) is 1.62. The summed E-state index contributed by atoms with van der Waals surface area (Å²) >= 11 is 0. The van der Waals surface area contributed by atoms with E-state index in [-0.39, 0.29) is 12.4 Å². The molecule has 0 spiro atoms. The summed E-state index contributed by atoms with van der Waals surface area (Å²) in [5.74, 6) is 0.0737. The summed E-state index contributed by atoms with van der Waals surface area (Å²) in [6.07, 6.45) is 3.38. The van der Waals surface area contributed by atoms with E-state index in [4.69, 9.17) is 4.74 Å². The zero-order chi connectivity index (χ0) is 12.7. The van der Waals surface area contributed by atoms with Gasteiger partial charge in [0.2, 0.25) is 0 Å². The van der Waals surface area contributed by atoms with Gasteiger partial charge in [-0.15, -0.1) is 0 Å². The highest BCUT2D eigenvalue weighted by atomic mass is 16.5. The fraction of sp³-hybridized carbons (Fsp3) is 0.533. The summed E-state index contributed by atoms with van der Waals surface area (Å²) in [6, 6.07) is 5.80. The van der Waals surface area contributed by atoms with Crippen LogP contribution in [0.2, 0.25) is 0 Å². The van der Waals surface area contributed by atoms with E-state index in [9.17, 15) is 4.79 Å². The molecule has 2 heteroatoms. The average molecular weight is 234 g/mol. The third-order valence-electron chi connectivity index (χ3n) is 2.95. The monoisotopic (exact) mass is 234 g/mol. The number of carbonyl (C=O) groups is 1. The molecule has 17 heavy (non-hydrogen) atoms. The molecule has 94 valence electrons. The summed E-state index contributed by atoms with van der Waals surface area (Å²) in [6.45, 7) is 7.11. The number of ketones is 1. The molecule has 1 aromatic rings. The van der Waals surface area contributed by atoms with Crippen molar-refractivity contribution in [3.63, 3.8) is 0 Å². The Morgan fingerprint density at radius 1 is 1.18 bits per heavy atom. The minimum absolute atomic E-state index is 0.0737. The van der Waals surface area contributed by atoms with Gasteiger partial charge in [0.15, 0.2) is 5.78 Å². The maximum Gasteiger partial charge on any atom is 0.188 e. The first-order valence-electron chi connectivity index (χ1n) is 6.33. The van der Waals surface area contributed by atoms with Crippen molar-refractivity contribution < 1.29 is 9.53 Å². The molecule has 0 saturated carbocycles. The van der Waals surface area contributed by atoms with Gasteiger partial charge in [0.25, 0.3) is 0 Å². The standard InChI is InChI=1S/C15H22O2/c1-4-5-6-9-17-11-15(16)14-8-7-12(2)13(3)10-14/h7-8,10H,4-6,9,11H2,1-3H3. The lowest BCUT2D eigenvalue weighted by atomic mass is 10.0. The van der Waals surface area contributed by atoms with E-state index in [0.29, 0.717) is 6.61 Å². The average Bonchev–Trinajstić information content (AvgIpc) is 2.32. The topological polar surface area (TPSA) is 26.3 Å². The Morgan fingerprint density at radius 3 is 2.59 bits per heavy atom. The Hall–Kier alpha value is -1.15. The number of aryl methyl sites for hydroxylation is 2. The predicted octanol–water partition coefficient (Wildman–Crippen LogP) is 3.69. The highest BCUT2D eigenvalue weighted by molar-refractivity contribution is 5.97. The molecule has 0 atom stereocenters. The van der Waals surface area contributed by atoms with Gasteiger partial charge in [0, 0.05) is 12.2 Å². The molecular weight excluding hydrogens is 212 g/mol. The zero-order valence-corrected chi connectivity index (χ0v) is 11.1. The lowest BCUT2D eigenvalue weighted by molar-refractivity contribution is 0.0753. The number of hydrogen-bond acceptors (Lipinski definition) is 2. The van der Waals surface area contributed by atoms with Crippen LogP contribution in [0.15, 0.2) is 18.2 Å². The van der Waals surface area contributed by atoms with Crippen molar-refractivity contribution in [2.75, 3.05) is 13.2 Å². The van der Waals surface area contributed by atoms with E-state index in [1.165, 1.54) is 12.0 Å². The molecule has 0 N–H and O–H groups in total. The van der Waals surface area contributed by atoms with Crippen LogP contribution in [0.5, 0.6) is 0 Å². The quantitative estimate of drug-likeness (QED) is 0.531. The van der Waals surface area contributed by atoms with Crippen molar-refractivity contribution in [2.24, 2.45) is 0 Å². The van der Waals surface area contributed by atoms with Gasteiger partial charge < -0.3 is 4.74 Å². The van der Waals surface area contributed by atoms with Gasteiger partial charge in [-0.05, 0) is 37.5 Å². The van der Waals surface area contributed by atoms with Crippen LogP contribution in [-0.2, 0) is 4.74 Å². The third kappa shape index (κ3) is 4.70. The Morgan fingerprint density at radius 2 is 1.94 bits per heavy atom. The molecule has 0 aromatic heterocycles. The first-order chi connectivity index (χ1) is 8.15. The van der Waals surface area contributed by atoms with Gasteiger partial charge in [-0.3, -0.25) is 4.79 Å². The normalized spacial score (nSPS) is 10.5. The van der Waals surface area contributed by atoms with Crippen LogP contribution in [0.4, 0.5) is 0 Å². The molecule has 0 bridgehead atoms. The van der Waals surface area contributed by atoms with E-state index in [1.807, 2.05) is 32.0 Å². The van der Waals surface area contributed by atoms with Crippen molar-refractivity contribution in [3.8, 4) is 0 Å². The van der Waals surface area contributed by atoms with Crippen LogP contribution >= 0.6 is 0 Å². The van der Waals surface area contributed by atoms with Gasteiger partial charge >= 0.3 is 0 Å². The molecular formula is C15H22O2. The number of Topliss-reactive ketones (excluding diaryl/α,β-unsaturated/α-hetero) is 1. The highest BCUT2D eigenvalue weighted by Gasteiger charge is 2.06. The van der Waals surface area contributed by atoms with Crippen LogP contribution in [0.25, 0.3) is 0 Å².